The van der Waals surface area contributed by atoms with E-state index in [-0.39, 0.29) is 0 Å². The van der Waals surface area contributed by atoms with Crippen LogP contribution >= 0.6 is 12.2 Å². The highest BCUT2D eigenvalue weighted by Crippen LogP contribution is 2.26. The molecule has 0 spiro atoms. The number of nitrogens with one attached hydrogen (secondary N) is 2. The molecule has 0 amide bonds. The topological polar surface area (TPSA) is 58.6 Å². The average molecular weight is 398 g/mol. The molecule has 0 saturated heterocycles. The summed E-state index contributed by atoms with van der Waals surface area (Å²) in [6.45, 7) is 0.533. The maximum absolute atomic E-state index is 5.88. The van der Waals surface area contributed by atoms with E-state index in [2.05, 4.69) is 27.3 Å². The Morgan fingerprint density at radius 1 is 0.897 bits per heavy atom. The molecule has 0 aliphatic carbocycles. The first-order valence-corrected chi connectivity index (χ1v) is 9.71. The minimum absolute atomic E-state index is 0.533. The molecule has 2 N–H and O–H groups in total. The van der Waals surface area contributed by atoms with E-state index in [0.717, 1.165) is 39.4 Å². The summed E-state index contributed by atoms with van der Waals surface area (Å²) in [7, 11) is 0. The third-order valence-electron chi connectivity index (χ3n) is 4.79. The first-order chi connectivity index (χ1) is 14.3. The van der Waals surface area contributed by atoms with Crippen LogP contribution in [0.3, 0.4) is 0 Å². The predicted molar refractivity (Wildman–Crippen MR) is 117 cm³/mol. The summed E-state index contributed by atoms with van der Waals surface area (Å²) in [5.74, 6) is 1.55. The molecule has 0 unspecified atom stereocenters. The van der Waals surface area contributed by atoms with Gasteiger partial charge in [-0.2, -0.15) is 5.10 Å². The number of hydrogen-bond acceptors (Lipinski definition) is 3. The van der Waals surface area contributed by atoms with E-state index < -0.39 is 0 Å². The van der Waals surface area contributed by atoms with E-state index in [1.165, 1.54) is 0 Å². The second kappa shape index (κ2) is 7.41. The smallest absolute Gasteiger partial charge is 0.200 e. The van der Waals surface area contributed by atoms with Crippen molar-refractivity contribution < 1.29 is 4.74 Å². The highest BCUT2D eigenvalue weighted by molar-refractivity contribution is 7.71. The van der Waals surface area contributed by atoms with Crippen molar-refractivity contribution in [2.45, 2.75) is 6.61 Å². The zero-order valence-electron chi connectivity index (χ0n) is 15.5. The van der Waals surface area contributed by atoms with Crippen LogP contribution in [0, 0.1) is 4.77 Å². The minimum Gasteiger partial charge on any atom is -0.489 e. The number of aromatic amines is 2. The standard InChI is InChI=1S/C23H18N4OS/c29-23-26-25-22(21-14-17-8-4-5-9-20(17)24-21)27(23)18-10-12-19(13-11-18)28-15-16-6-2-1-3-7-16/h1-14,24H,15H2,(H,26,29). The van der Waals surface area contributed by atoms with Crippen molar-refractivity contribution in [3.63, 3.8) is 0 Å². The van der Waals surface area contributed by atoms with Gasteiger partial charge in [-0.25, -0.2) is 0 Å². The van der Waals surface area contributed by atoms with Gasteiger partial charge < -0.3 is 9.72 Å². The second-order valence-electron chi connectivity index (χ2n) is 6.73. The maximum atomic E-state index is 5.88. The number of hydrogen-bond donors (Lipinski definition) is 2. The van der Waals surface area contributed by atoms with E-state index in [1.54, 1.807) is 0 Å². The van der Waals surface area contributed by atoms with Crippen molar-refractivity contribution in [2.24, 2.45) is 0 Å². The van der Waals surface area contributed by atoms with Crippen molar-refractivity contribution >= 4 is 23.1 Å². The normalized spacial score (nSPS) is 11.0. The van der Waals surface area contributed by atoms with Crippen LogP contribution in [0.5, 0.6) is 5.75 Å². The third kappa shape index (κ3) is 3.46. The Bertz CT molecular complexity index is 1280. The molecule has 0 aliphatic heterocycles. The number of benzene rings is 3. The largest absolute Gasteiger partial charge is 0.489 e. The fraction of sp³-hybridized carbons (Fsp3) is 0.0435. The maximum Gasteiger partial charge on any atom is 0.200 e. The number of ether oxygens (including phenoxy) is 1. The zero-order valence-corrected chi connectivity index (χ0v) is 16.3. The van der Waals surface area contributed by atoms with Crippen LogP contribution in [0.15, 0.2) is 84.9 Å². The first-order valence-electron chi connectivity index (χ1n) is 9.31. The van der Waals surface area contributed by atoms with E-state index in [9.17, 15) is 0 Å². The van der Waals surface area contributed by atoms with Crippen molar-refractivity contribution in [2.75, 3.05) is 0 Å². The molecule has 5 nitrogen and oxygen atoms in total. The number of H-pyrrole nitrogens is 2. The fourth-order valence-electron chi connectivity index (χ4n) is 3.34. The molecular weight excluding hydrogens is 380 g/mol. The molecule has 0 radical (unpaired) electrons. The molecule has 142 valence electrons. The molecule has 0 atom stereocenters. The number of fused-ring (bicyclic) bond motifs is 1. The van der Waals surface area contributed by atoms with Crippen molar-refractivity contribution in [1.29, 1.82) is 0 Å². The van der Waals surface area contributed by atoms with Crippen LogP contribution in [0.1, 0.15) is 5.56 Å². The first kappa shape index (κ1) is 17.5. The zero-order chi connectivity index (χ0) is 19.6. The fourth-order valence-corrected chi connectivity index (χ4v) is 3.58. The molecule has 0 saturated carbocycles. The van der Waals surface area contributed by atoms with Gasteiger partial charge in [-0.1, -0.05) is 48.5 Å². The Morgan fingerprint density at radius 3 is 2.45 bits per heavy atom. The quantitative estimate of drug-likeness (QED) is 0.376. The van der Waals surface area contributed by atoms with Crippen molar-refractivity contribution in [3.8, 4) is 23.0 Å². The van der Waals surface area contributed by atoms with E-state index in [4.69, 9.17) is 17.0 Å². The molecule has 2 heterocycles. The minimum atomic E-state index is 0.533. The highest BCUT2D eigenvalue weighted by Gasteiger charge is 2.13. The van der Waals surface area contributed by atoms with Gasteiger partial charge in [0.25, 0.3) is 0 Å². The monoisotopic (exact) mass is 398 g/mol. The van der Waals surface area contributed by atoms with Crippen LogP contribution in [0.4, 0.5) is 0 Å². The van der Waals surface area contributed by atoms with Crippen molar-refractivity contribution in [1.82, 2.24) is 19.7 Å². The van der Waals surface area contributed by atoms with Crippen LogP contribution in [0.25, 0.3) is 28.1 Å². The lowest BCUT2D eigenvalue weighted by atomic mass is 10.2. The SMILES string of the molecule is S=c1[nH]nc(-c2cc3ccccc3[nH]2)n1-c1ccc(OCc2ccccc2)cc1. The molecule has 2 aromatic heterocycles. The van der Waals surface area contributed by atoms with Gasteiger partial charge in [0.15, 0.2) is 10.6 Å². The molecule has 6 heteroatoms. The molecule has 3 aromatic carbocycles. The summed E-state index contributed by atoms with van der Waals surface area (Å²) in [6, 6.07) is 28.2. The van der Waals surface area contributed by atoms with Gasteiger partial charge in [0.1, 0.15) is 12.4 Å². The highest BCUT2D eigenvalue weighted by atomic mass is 32.1. The molecule has 5 rings (SSSR count). The molecule has 0 bridgehead atoms. The lowest BCUT2D eigenvalue weighted by Crippen LogP contribution is -1.99. The van der Waals surface area contributed by atoms with Gasteiger partial charge in [-0.3, -0.25) is 9.67 Å². The molecule has 5 aromatic rings. The van der Waals surface area contributed by atoms with Gasteiger partial charge in [0, 0.05) is 10.9 Å². The summed E-state index contributed by atoms with van der Waals surface area (Å²) < 4.78 is 8.34. The molecule has 29 heavy (non-hydrogen) atoms. The third-order valence-corrected chi connectivity index (χ3v) is 5.06. The summed E-state index contributed by atoms with van der Waals surface area (Å²) in [4.78, 5) is 3.41. The predicted octanol–water partition coefficient (Wildman–Crippen LogP) is 5.66. The Balaban J connectivity index is 1.44. The molecule has 0 aliphatic rings. The van der Waals surface area contributed by atoms with E-state index in [1.807, 2.05) is 77.4 Å². The van der Waals surface area contributed by atoms with Crippen LogP contribution in [-0.2, 0) is 6.61 Å². The number of rotatable bonds is 5. The Labute approximate surface area is 172 Å². The Kier molecular flexibility index (Phi) is 4.46. The van der Waals surface area contributed by atoms with E-state index in [0.29, 0.717) is 11.4 Å². The van der Waals surface area contributed by atoms with Crippen LogP contribution < -0.4 is 4.74 Å². The van der Waals surface area contributed by atoms with Gasteiger partial charge in [-0.05, 0) is 54.2 Å². The lowest BCUT2D eigenvalue weighted by Gasteiger charge is -2.09. The summed E-state index contributed by atoms with van der Waals surface area (Å²) >= 11 is 5.48. The summed E-state index contributed by atoms with van der Waals surface area (Å²) in [5, 5.41) is 8.48. The van der Waals surface area contributed by atoms with Crippen LogP contribution in [-0.4, -0.2) is 19.7 Å². The number of aromatic nitrogens is 4. The number of nitrogens with zero attached hydrogens (tertiary/aromatic N) is 2. The lowest BCUT2D eigenvalue weighted by molar-refractivity contribution is 0.306. The van der Waals surface area contributed by atoms with Gasteiger partial charge in [-0.15, -0.1) is 0 Å². The van der Waals surface area contributed by atoms with Gasteiger partial charge in [0.05, 0.1) is 11.4 Å². The summed E-state index contributed by atoms with van der Waals surface area (Å²) in [5.41, 5.74) is 4.02. The van der Waals surface area contributed by atoms with Crippen molar-refractivity contribution in [3.05, 3.63) is 95.3 Å². The summed E-state index contributed by atoms with van der Waals surface area (Å²) in [6.07, 6.45) is 0. The van der Waals surface area contributed by atoms with E-state index >= 15 is 0 Å². The van der Waals surface area contributed by atoms with Crippen LogP contribution in [0.2, 0.25) is 0 Å². The van der Waals surface area contributed by atoms with Gasteiger partial charge >= 0.3 is 0 Å². The Morgan fingerprint density at radius 2 is 1.66 bits per heavy atom. The molecular formula is C23H18N4OS. The second-order valence-corrected chi connectivity index (χ2v) is 7.11. The Hall–Kier alpha value is -3.64. The molecule has 0 fully saturated rings. The average Bonchev–Trinajstić information content (AvgIpc) is 3.36. The van der Waals surface area contributed by atoms with Gasteiger partial charge in [0.2, 0.25) is 0 Å². The number of para-hydroxylation sites is 1.